The summed E-state index contributed by atoms with van der Waals surface area (Å²) in [7, 11) is 3.06. The molecule has 0 bridgehead atoms. The smallest absolute Gasteiger partial charge is 0.343 e. The zero-order chi connectivity index (χ0) is 24.0. The van der Waals surface area contributed by atoms with E-state index in [0.717, 1.165) is 11.1 Å². The van der Waals surface area contributed by atoms with E-state index in [0.29, 0.717) is 28.4 Å². The van der Waals surface area contributed by atoms with Gasteiger partial charge in [0.15, 0.2) is 5.78 Å². The Kier molecular flexibility index (Phi) is 7.34. The second-order valence-electron chi connectivity index (χ2n) is 8.55. The molecule has 0 heterocycles. The quantitative estimate of drug-likeness (QED) is 0.190. The highest BCUT2D eigenvalue weighted by Crippen LogP contribution is 2.26. The minimum absolute atomic E-state index is 0.0195. The first-order chi connectivity index (χ1) is 15.7. The number of methoxy groups -OCH3 is 2. The number of rotatable bonds is 7. The molecule has 0 spiro atoms. The summed E-state index contributed by atoms with van der Waals surface area (Å²) in [4.78, 5) is 25.0. The lowest BCUT2D eigenvalue weighted by atomic mass is 9.87. The molecule has 0 saturated heterocycles. The second-order valence-corrected chi connectivity index (χ2v) is 8.55. The number of allylic oxidation sites excluding steroid dienone is 1. The van der Waals surface area contributed by atoms with Crippen molar-refractivity contribution in [3.8, 4) is 17.2 Å². The lowest BCUT2D eigenvalue weighted by Crippen LogP contribution is -2.12. The fourth-order valence-corrected chi connectivity index (χ4v) is 3.18. The van der Waals surface area contributed by atoms with E-state index in [2.05, 4.69) is 20.8 Å². The molecule has 0 aliphatic carbocycles. The van der Waals surface area contributed by atoms with Crippen LogP contribution in [0.15, 0.2) is 72.8 Å². The summed E-state index contributed by atoms with van der Waals surface area (Å²) >= 11 is 0. The van der Waals surface area contributed by atoms with E-state index >= 15 is 0 Å². The molecule has 170 valence electrons. The molecule has 0 aliphatic rings. The summed E-state index contributed by atoms with van der Waals surface area (Å²) in [5.41, 5.74) is 2.90. The van der Waals surface area contributed by atoms with Gasteiger partial charge in [0.25, 0.3) is 0 Å². The van der Waals surface area contributed by atoms with E-state index in [9.17, 15) is 9.59 Å². The summed E-state index contributed by atoms with van der Waals surface area (Å²) in [6.07, 6.45) is 3.17. The Morgan fingerprint density at radius 1 is 0.788 bits per heavy atom. The highest BCUT2D eigenvalue weighted by molar-refractivity contribution is 6.08. The van der Waals surface area contributed by atoms with Crippen molar-refractivity contribution in [2.75, 3.05) is 14.2 Å². The third kappa shape index (κ3) is 6.10. The molecule has 0 atom stereocenters. The van der Waals surface area contributed by atoms with Gasteiger partial charge in [0.2, 0.25) is 0 Å². The lowest BCUT2D eigenvalue weighted by molar-refractivity contribution is 0.0734. The van der Waals surface area contributed by atoms with Gasteiger partial charge < -0.3 is 14.2 Å². The average Bonchev–Trinajstić information content (AvgIpc) is 2.82. The van der Waals surface area contributed by atoms with Crippen molar-refractivity contribution in [1.29, 1.82) is 0 Å². The largest absolute Gasteiger partial charge is 0.497 e. The van der Waals surface area contributed by atoms with E-state index in [1.165, 1.54) is 13.2 Å². The van der Waals surface area contributed by atoms with Gasteiger partial charge in [-0.05, 0) is 59.0 Å². The molecule has 0 radical (unpaired) electrons. The molecule has 0 aromatic heterocycles. The Balaban J connectivity index is 1.65. The van der Waals surface area contributed by atoms with Crippen LogP contribution in [0.5, 0.6) is 17.2 Å². The van der Waals surface area contributed by atoms with Gasteiger partial charge >= 0.3 is 5.97 Å². The number of carbonyl (C=O) groups excluding carboxylic acids is 2. The number of benzene rings is 3. The molecule has 0 fully saturated rings. The molecule has 0 saturated carbocycles. The van der Waals surface area contributed by atoms with Gasteiger partial charge in [-0.3, -0.25) is 4.79 Å². The van der Waals surface area contributed by atoms with Crippen molar-refractivity contribution < 1.29 is 23.8 Å². The fraction of sp³-hybridized carbons (Fsp3) is 0.214. The van der Waals surface area contributed by atoms with E-state index in [4.69, 9.17) is 14.2 Å². The first kappa shape index (κ1) is 23.8. The van der Waals surface area contributed by atoms with Crippen LogP contribution in [0, 0.1) is 0 Å². The number of hydrogen-bond donors (Lipinski definition) is 0. The van der Waals surface area contributed by atoms with Crippen LogP contribution < -0.4 is 14.2 Å². The molecule has 0 unspecified atom stereocenters. The molecular formula is C28H28O5. The van der Waals surface area contributed by atoms with Gasteiger partial charge in [-0.25, -0.2) is 4.79 Å². The molecule has 3 aromatic carbocycles. The van der Waals surface area contributed by atoms with Crippen LogP contribution in [0.3, 0.4) is 0 Å². The van der Waals surface area contributed by atoms with Crippen LogP contribution in [0.2, 0.25) is 0 Å². The summed E-state index contributed by atoms with van der Waals surface area (Å²) in [6.45, 7) is 6.37. The average molecular weight is 445 g/mol. The normalized spacial score (nSPS) is 11.3. The summed E-state index contributed by atoms with van der Waals surface area (Å²) in [5, 5.41) is 0. The highest BCUT2D eigenvalue weighted by atomic mass is 16.5. The molecule has 5 heteroatoms. The third-order valence-electron chi connectivity index (χ3n) is 5.18. The Hall–Kier alpha value is -3.86. The fourth-order valence-electron chi connectivity index (χ4n) is 3.18. The summed E-state index contributed by atoms with van der Waals surface area (Å²) in [5.74, 6) is 0.883. The van der Waals surface area contributed by atoms with E-state index in [1.54, 1.807) is 67.8 Å². The Morgan fingerprint density at radius 3 is 2.00 bits per heavy atom. The maximum Gasteiger partial charge on any atom is 0.343 e. The minimum atomic E-state index is -0.416. The maximum absolute atomic E-state index is 12.6. The Labute approximate surface area is 194 Å². The van der Waals surface area contributed by atoms with Crippen molar-refractivity contribution in [3.05, 3.63) is 95.1 Å². The SMILES string of the molecule is COc1ccc(C(=O)/C=C/c2ccc(OC(=O)c3ccc(C(C)(C)C)cc3)cc2)c(OC)c1. The Morgan fingerprint density at radius 2 is 1.42 bits per heavy atom. The van der Waals surface area contributed by atoms with Gasteiger partial charge in [-0.15, -0.1) is 0 Å². The van der Waals surface area contributed by atoms with Gasteiger partial charge in [0.05, 0.1) is 25.3 Å². The first-order valence-corrected chi connectivity index (χ1v) is 10.6. The van der Waals surface area contributed by atoms with Gasteiger partial charge in [0, 0.05) is 6.07 Å². The predicted octanol–water partition coefficient (Wildman–Crippen LogP) is 6.12. The molecule has 3 rings (SSSR count). The molecular weight excluding hydrogens is 416 g/mol. The predicted molar refractivity (Wildman–Crippen MR) is 129 cm³/mol. The van der Waals surface area contributed by atoms with Crippen LogP contribution in [0.25, 0.3) is 6.08 Å². The summed E-state index contributed by atoms with van der Waals surface area (Å²) in [6, 6.07) is 19.4. The topological polar surface area (TPSA) is 61.8 Å². The van der Waals surface area contributed by atoms with Crippen LogP contribution in [0.1, 0.15) is 52.6 Å². The summed E-state index contributed by atoms with van der Waals surface area (Å²) < 4.78 is 15.9. The van der Waals surface area contributed by atoms with Crippen molar-refractivity contribution >= 4 is 17.8 Å². The number of ether oxygens (including phenoxy) is 3. The number of carbonyl (C=O) groups is 2. The van der Waals surface area contributed by atoms with Gasteiger partial charge in [-0.1, -0.05) is 51.1 Å². The van der Waals surface area contributed by atoms with Gasteiger partial charge in [-0.2, -0.15) is 0 Å². The second kappa shape index (κ2) is 10.2. The van der Waals surface area contributed by atoms with Crippen LogP contribution >= 0.6 is 0 Å². The minimum Gasteiger partial charge on any atom is -0.497 e. The van der Waals surface area contributed by atoms with Crippen LogP contribution in [-0.2, 0) is 5.41 Å². The zero-order valence-electron chi connectivity index (χ0n) is 19.5. The van der Waals surface area contributed by atoms with Crippen LogP contribution in [0.4, 0.5) is 0 Å². The molecule has 33 heavy (non-hydrogen) atoms. The van der Waals surface area contributed by atoms with Crippen molar-refractivity contribution in [2.24, 2.45) is 0 Å². The first-order valence-electron chi connectivity index (χ1n) is 10.6. The number of esters is 1. The lowest BCUT2D eigenvalue weighted by Gasteiger charge is -2.18. The standard InChI is InChI=1S/C28H28O5/c1-28(2,3)21-11-9-20(10-12-21)27(30)33-22-13-6-19(7-14-22)8-17-25(29)24-16-15-23(31-4)18-26(24)32-5/h6-18H,1-5H3/b17-8+. The van der Waals surface area contributed by atoms with Crippen molar-refractivity contribution in [1.82, 2.24) is 0 Å². The number of hydrogen-bond acceptors (Lipinski definition) is 5. The molecule has 0 amide bonds. The molecule has 5 nitrogen and oxygen atoms in total. The van der Waals surface area contributed by atoms with Gasteiger partial charge in [0.1, 0.15) is 17.2 Å². The van der Waals surface area contributed by atoms with E-state index in [1.807, 2.05) is 12.1 Å². The van der Waals surface area contributed by atoms with E-state index in [-0.39, 0.29) is 11.2 Å². The van der Waals surface area contributed by atoms with Crippen molar-refractivity contribution in [3.63, 3.8) is 0 Å². The number of ketones is 1. The molecule has 0 aliphatic heterocycles. The van der Waals surface area contributed by atoms with Crippen LogP contribution in [-0.4, -0.2) is 26.0 Å². The third-order valence-corrected chi connectivity index (χ3v) is 5.18. The highest BCUT2D eigenvalue weighted by Gasteiger charge is 2.15. The zero-order valence-corrected chi connectivity index (χ0v) is 19.5. The maximum atomic E-state index is 12.6. The molecule has 3 aromatic rings. The Bertz CT molecular complexity index is 1150. The van der Waals surface area contributed by atoms with Crippen molar-refractivity contribution in [2.45, 2.75) is 26.2 Å². The molecule has 0 N–H and O–H groups in total. The monoisotopic (exact) mass is 444 g/mol. The van der Waals surface area contributed by atoms with E-state index < -0.39 is 5.97 Å².